The fraction of sp³-hybridized carbons (Fsp3) is 0.750. The number of hydrogen-bond donors (Lipinski definition) is 1. The third kappa shape index (κ3) is 2.92. The van der Waals surface area contributed by atoms with Crippen molar-refractivity contribution >= 4 is 10.0 Å². The number of hydrogen-bond acceptors (Lipinski definition) is 3. The van der Waals surface area contributed by atoms with Crippen molar-refractivity contribution in [3.05, 3.63) is 12.0 Å². The molecule has 0 radical (unpaired) electrons. The summed E-state index contributed by atoms with van der Waals surface area (Å²) >= 11 is 0. The van der Waals surface area contributed by atoms with E-state index in [0.29, 0.717) is 25.4 Å². The van der Waals surface area contributed by atoms with Crippen molar-refractivity contribution in [1.29, 1.82) is 0 Å². The van der Waals surface area contributed by atoms with Crippen LogP contribution >= 0.6 is 0 Å². The zero-order valence-corrected chi connectivity index (χ0v) is 11.8. The molecule has 0 aromatic carbocycles. The van der Waals surface area contributed by atoms with E-state index >= 15 is 0 Å². The Morgan fingerprint density at radius 1 is 1.44 bits per heavy atom. The summed E-state index contributed by atoms with van der Waals surface area (Å²) in [6.07, 6.45) is 5.29. The van der Waals surface area contributed by atoms with Crippen LogP contribution in [-0.4, -0.2) is 35.8 Å². The molecule has 1 aromatic rings. The van der Waals surface area contributed by atoms with Gasteiger partial charge in [-0.2, -0.15) is 4.31 Å². The molecule has 0 aliphatic heterocycles. The predicted molar refractivity (Wildman–Crippen MR) is 69.7 cm³/mol. The van der Waals surface area contributed by atoms with E-state index in [4.69, 9.17) is 0 Å². The molecular formula is C12H21N3O2S. The summed E-state index contributed by atoms with van der Waals surface area (Å²) in [7, 11) is -3.39. The summed E-state index contributed by atoms with van der Waals surface area (Å²) < 4.78 is 26.5. The Morgan fingerprint density at radius 2 is 2.17 bits per heavy atom. The van der Waals surface area contributed by atoms with Gasteiger partial charge in [-0.15, -0.1) is 0 Å². The Labute approximate surface area is 109 Å². The maximum absolute atomic E-state index is 12.5. The largest absolute Gasteiger partial charge is 0.332 e. The van der Waals surface area contributed by atoms with E-state index in [9.17, 15) is 8.42 Å². The standard InChI is InChI=1S/C12H21N3O2S/c1-3-7-15(9-10-5-6-10)18(16,17)12-8-13-11(4-2)14-12/h8,10H,3-7,9H2,1-2H3,(H,13,14). The van der Waals surface area contributed by atoms with E-state index in [1.807, 2.05) is 13.8 Å². The molecule has 6 heteroatoms. The van der Waals surface area contributed by atoms with Crippen molar-refractivity contribution in [2.24, 2.45) is 5.92 Å². The lowest BCUT2D eigenvalue weighted by Crippen LogP contribution is -2.33. The molecular weight excluding hydrogens is 250 g/mol. The normalized spacial score (nSPS) is 16.4. The van der Waals surface area contributed by atoms with E-state index in [-0.39, 0.29) is 5.03 Å². The maximum atomic E-state index is 12.5. The van der Waals surface area contributed by atoms with Gasteiger partial charge >= 0.3 is 0 Å². The minimum atomic E-state index is -3.39. The van der Waals surface area contributed by atoms with Crippen molar-refractivity contribution in [2.45, 2.75) is 44.6 Å². The van der Waals surface area contributed by atoms with Crippen LogP contribution in [0.5, 0.6) is 0 Å². The second-order valence-electron chi connectivity index (χ2n) is 4.85. The average molecular weight is 271 g/mol. The molecule has 1 aliphatic rings. The van der Waals surface area contributed by atoms with Crippen LogP contribution in [0.1, 0.15) is 38.9 Å². The number of imidazole rings is 1. The summed E-state index contributed by atoms with van der Waals surface area (Å²) in [6.45, 7) is 5.18. The van der Waals surface area contributed by atoms with Gasteiger partial charge in [0, 0.05) is 19.5 Å². The van der Waals surface area contributed by atoms with Gasteiger partial charge in [-0.3, -0.25) is 0 Å². The third-order valence-electron chi connectivity index (χ3n) is 3.19. The van der Waals surface area contributed by atoms with Crippen molar-refractivity contribution in [2.75, 3.05) is 13.1 Å². The van der Waals surface area contributed by atoms with Crippen LogP contribution in [-0.2, 0) is 16.4 Å². The van der Waals surface area contributed by atoms with Crippen LogP contribution < -0.4 is 0 Å². The highest BCUT2D eigenvalue weighted by atomic mass is 32.2. The lowest BCUT2D eigenvalue weighted by molar-refractivity contribution is 0.394. The quantitative estimate of drug-likeness (QED) is 0.822. The first kappa shape index (κ1) is 13.5. The smallest absolute Gasteiger partial charge is 0.260 e. The number of aryl methyl sites for hydroxylation is 1. The lowest BCUT2D eigenvalue weighted by atomic mass is 10.4. The molecule has 0 amide bonds. The van der Waals surface area contributed by atoms with E-state index in [1.54, 1.807) is 4.31 Å². The lowest BCUT2D eigenvalue weighted by Gasteiger charge is -2.20. The molecule has 1 aliphatic carbocycles. The first-order valence-corrected chi connectivity index (χ1v) is 8.06. The van der Waals surface area contributed by atoms with Gasteiger partial charge in [-0.1, -0.05) is 13.8 Å². The van der Waals surface area contributed by atoms with E-state index < -0.39 is 10.0 Å². The van der Waals surface area contributed by atoms with E-state index in [1.165, 1.54) is 6.20 Å². The van der Waals surface area contributed by atoms with Gasteiger partial charge in [0.25, 0.3) is 10.0 Å². The van der Waals surface area contributed by atoms with Gasteiger partial charge in [0.2, 0.25) is 0 Å². The average Bonchev–Trinajstić information content (AvgIpc) is 3.02. The van der Waals surface area contributed by atoms with Crippen molar-refractivity contribution < 1.29 is 8.42 Å². The molecule has 1 saturated carbocycles. The number of rotatable bonds is 7. The summed E-state index contributed by atoms with van der Waals surface area (Å²) in [6, 6.07) is 0. The molecule has 0 unspecified atom stereocenters. The van der Waals surface area contributed by atoms with Crippen molar-refractivity contribution in [3.8, 4) is 0 Å². The van der Waals surface area contributed by atoms with Crippen LogP contribution in [0.3, 0.4) is 0 Å². The molecule has 0 atom stereocenters. The Bertz CT molecular complexity index is 491. The maximum Gasteiger partial charge on any atom is 0.260 e. The topological polar surface area (TPSA) is 66.1 Å². The Hall–Kier alpha value is -0.880. The summed E-state index contributed by atoms with van der Waals surface area (Å²) in [5.41, 5.74) is 0. The van der Waals surface area contributed by atoms with Crippen LogP contribution in [0, 0.1) is 5.92 Å². The number of aromatic amines is 1. The molecule has 0 saturated heterocycles. The van der Waals surface area contributed by atoms with E-state index in [2.05, 4.69) is 9.97 Å². The number of sulfonamides is 1. The molecule has 5 nitrogen and oxygen atoms in total. The zero-order valence-electron chi connectivity index (χ0n) is 11.0. The van der Waals surface area contributed by atoms with Gasteiger partial charge < -0.3 is 4.98 Å². The second kappa shape index (κ2) is 5.40. The fourth-order valence-electron chi connectivity index (χ4n) is 1.94. The van der Waals surface area contributed by atoms with Gasteiger partial charge in [0.15, 0.2) is 5.03 Å². The molecule has 102 valence electrons. The molecule has 1 fully saturated rings. The number of H-pyrrole nitrogens is 1. The first-order chi connectivity index (χ1) is 8.57. The minimum absolute atomic E-state index is 0.230. The SMILES string of the molecule is CCCN(CC1CC1)S(=O)(=O)c1cnc(CC)[nH]1. The predicted octanol–water partition coefficient (Wildman–Crippen LogP) is 1.78. The van der Waals surface area contributed by atoms with Crippen LogP contribution in [0.25, 0.3) is 0 Å². The molecule has 2 rings (SSSR count). The van der Waals surface area contributed by atoms with Crippen LogP contribution in [0.4, 0.5) is 0 Å². The summed E-state index contributed by atoms with van der Waals surface area (Å²) in [5.74, 6) is 1.27. The zero-order chi connectivity index (χ0) is 13.2. The van der Waals surface area contributed by atoms with Crippen LogP contribution in [0.2, 0.25) is 0 Å². The molecule has 1 aromatic heterocycles. The Morgan fingerprint density at radius 3 is 2.67 bits per heavy atom. The summed E-state index contributed by atoms with van der Waals surface area (Å²) in [4.78, 5) is 6.97. The molecule has 1 heterocycles. The number of aromatic nitrogens is 2. The van der Waals surface area contributed by atoms with Crippen molar-refractivity contribution in [1.82, 2.24) is 14.3 Å². The number of nitrogens with zero attached hydrogens (tertiary/aromatic N) is 2. The molecule has 0 spiro atoms. The van der Waals surface area contributed by atoms with Crippen LogP contribution in [0.15, 0.2) is 11.2 Å². The third-order valence-corrected chi connectivity index (χ3v) is 4.96. The van der Waals surface area contributed by atoms with Gasteiger partial charge in [-0.05, 0) is 25.2 Å². The monoisotopic (exact) mass is 271 g/mol. The Kier molecular flexibility index (Phi) is 4.07. The number of nitrogens with one attached hydrogen (secondary N) is 1. The molecule has 1 N–H and O–H groups in total. The fourth-order valence-corrected chi connectivity index (χ4v) is 3.48. The van der Waals surface area contributed by atoms with Gasteiger partial charge in [0.1, 0.15) is 5.82 Å². The van der Waals surface area contributed by atoms with Gasteiger partial charge in [-0.25, -0.2) is 13.4 Å². The minimum Gasteiger partial charge on any atom is -0.332 e. The van der Waals surface area contributed by atoms with E-state index in [0.717, 1.165) is 25.1 Å². The molecule has 18 heavy (non-hydrogen) atoms. The summed E-state index contributed by atoms with van der Waals surface area (Å²) in [5, 5.41) is 0.230. The second-order valence-corrected chi connectivity index (χ2v) is 6.76. The molecule has 0 bridgehead atoms. The van der Waals surface area contributed by atoms with Gasteiger partial charge in [0.05, 0.1) is 6.20 Å². The highest BCUT2D eigenvalue weighted by Gasteiger charge is 2.32. The first-order valence-electron chi connectivity index (χ1n) is 6.62. The highest BCUT2D eigenvalue weighted by molar-refractivity contribution is 7.89. The van der Waals surface area contributed by atoms with Crippen molar-refractivity contribution in [3.63, 3.8) is 0 Å². The highest BCUT2D eigenvalue weighted by Crippen LogP contribution is 2.31. The Balaban J connectivity index is 2.19.